The first-order valence-electron chi connectivity index (χ1n) is 6.99. The number of methoxy groups -OCH3 is 1. The van der Waals surface area contributed by atoms with E-state index in [1.165, 1.54) is 0 Å². The number of nitrogens with one attached hydrogen (secondary N) is 1. The Bertz CT molecular complexity index is 303. The highest BCUT2D eigenvalue weighted by Gasteiger charge is 2.36. The highest BCUT2D eigenvalue weighted by Crippen LogP contribution is 2.24. The molecule has 1 atom stereocenters. The summed E-state index contributed by atoms with van der Waals surface area (Å²) in [5.41, 5.74) is 4.65. The molecule has 1 amide bonds. The lowest BCUT2D eigenvalue weighted by Crippen LogP contribution is -2.54. The molecule has 112 valence electrons. The van der Waals surface area contributed by atoms with E-state index in [0.29, 0.717) is 25.7 Å². The van der Waals surface area contributed by atoms with Crippen molar-refractivity contribution < 1.29 is 14.3 Å². The first-order valence-corrected chi connectivity index (χ1v) is 6.99. The first-order chi connectivity index (χ1) is 8.79. The summed E-state index contributed by atoms with van der Waals surface area (Å²) in [5, 5.41) is 3.31. The first kappa shape index (κ1) is 16.4. The van der Waals surface area contributed by atoms with Gasteiger partial charge in [-0.15, -0.1) is 0 Å². The van der Waals surface area contributed by atoms with Gasteiger partial charge in [-0.2, -0.15) is 0 Å². The minimum absolute atomic E-state index is 0.167. The maximum Gasteiger partial charge on any atom is 0.237 e. The van der Waals surface area contributed by atoms with Gasteiger partial charge in [-0.3, -0.25) is 4.79 Å². The smallest absolute Gasteiger partial charge is 0.237 e. The van der Waals surface area contributed by atoms with Crippen LogP contribution in [0.2, 0.25) is 0 Å². The van der Waals surface area contributed by atoms with Crippen molar-refractivity contribution in [2.45, 2.75) is 63.6 Å². The Morgan fingerprint density at radius 3 is 2.32 bits per heavy atom. The Kier molecular flexibility index (Phi) is 5.77. The molecule has 1 aliphatic carbocycles. The van der Waals surface area contributed by atoms with Gasteiger partial charge in [0.1, 0.15) is 0 Å². The lowest BCUT2D eigenvalue weighted by atomic mass is 9.97. The average molecular weight is 272 g/mol. The standard InChI is InChI=1S/C14H28N2O3/c1-13(2,18-4)7-9-19-10-8-14(3,12(15)17)16-11-5-6-11/h11,16H,5-10H2,1-4H3,(H2,15,17). The molecule has 1 aliphatic rings. The van der Waals surface area contributed by atoms with Crippen LogP contribution in [0.3, 0.4) is 0 Å². The van der Waals surface area contributed by atoms with Crippen LogP contribution in [0.4, 0.5) is 0 Å². The Morgan fingerprint density at radius 1 is 1.26 bits per heavy atom. The van der Waals surface area contributed by atoms with Crippen molar-refractivity contribution in [3.05, 3.63) is 0 Å². The Balaban J connectivity index is 2.23. The van der Waals surface area contributed by atoms with Gasteiger partial charge in [0.05, 0.1) is 11.1 Å². The average Bonchev–Trinajstić information content (AvgIpc) is 3.12. The fourth-order valence-electron chi connectivity index (χ4n) is 1.74. The fraction of sp³-hybridized carbons (Fsp3) is 0.929. The lowest BCUT2D eigenvalue weighted by Gasteiger charge is -2.28. The summed E-state index contributed by atoms with van der Waals surface area (Å²) < 4.78 is 10.9. The van der Waals surface area contributed by atoms with E-state index >= 15 is 0 Å². The molecule has 0 spiro atoms. The van der Waals surface area contributed by atoms with E-state index in [4.69, 9.17) is 15.2 Å². The number of hydrogen-bond donors (Lipinski definition) is 2. The molecule has 0 saturated heterocycles. The molecule has 1 saturated carbocycles. The number of nitrogens with two attached hydrogens (primary N) is 1. The lowest BCUT2D eigenvalue weighted by molar-refractivity contribution is -0.124. The second-order valence-corrected chi connectivity index (χ2v) is 6.19. The van der Waals surface area contributed by atoms with Crippen molar-refractivity contribution in [2.24, 2.45) is 5.73 Å². The summed E-state index contributed by atoms with van der Waals surface area (Å²) in [4.78, 5) is 11.5. The van der Waals surface area contributed by atoms with Crippen LogP contribution >= 0.6 is 0 Å². The van der Waals surface area contributed by atoms with Crippen molar-refractivity contribution in [3.8, 4) is 0 Å². The number of hydrogen-bond acceptors (Lipinski definition) is 4. The maximum absolute atomic E-state index is 11.5. The molecule has 1 fully saturated rings. The van der Waals surface area contributed by atoms with Gasteiger partial charge in [-0.1, -0.05) is 0 Å². The third-order valence-electron chi connectivity index (χ3n) is 3.79. The van der Waals surface area contributed by atoms with Crippen molar-refractivity contribution in [1.29, 1.82) is 0 Å². The maximum atomic E-state index is 11.5. The predicted octanol–water partition coefficient (Wildman–Crippen LogP) is 1.20. The van der Waals surface area contributed by atoms with E-state index in [1.54, 1.807) is 7.11 Å². The van der Waals surface area contributed by atoms with E-state index in [9.17, 15) is 4.79 Å². The van der Waals surface area contributed by atoms with Gasteiger partial charge in [0, 0.05) is 26.4 Å². The minimum atomic E-state index is -0.655. The van der Waals surface area contributed by atoms with Crippen LogP contribution in [0.5, 0.6) is 0 Å². The summed E-state index contributed by atoms with van der Waals surface area (Å²) in [7, 11) is 1.70. The van der Waals surface area contributed by atoms with E-state index in [-0.39, 0.29) is 11.5 Å². The molecule has 0 aromatic carbocycles. The molecule has 0 bridgehead atoms. The van der Waals surface area contributed by atoms with E-state index in [1.807, 2.05) is 20.8 Å². The van der Waals surface area contributed by atoms with Crippen molar-refractivity contribution in [2.75, 3.05) is 20.3 Å². The van der Waals surface area contributed by atoms with Gasteiger partial charge in [0.2, 0.25) is 5.91 Å². The molecule has 1 unspecified atom stereocenters. The van der Waals surface area contributed by atoms with Crippen LogP contribution in [-0.2, 0) is 14.3 Å². The molecule has 5 heteroatoms. The van der Waals surface area contributed by atoms with Crippen LogP contribution < -0.4 is 11.1 Å². The van der Waals surface area contributed by atoms with Crippen LogP contribution in [0.15, 0.2) is 0 Å². The molecule has 0 aromatic heterocycles. The molecule has 5 nitrogen and oxygen atoms in total. The van der Waals surface area contributed by atoms with Crippen molar-refractivity contribution in [3.63, 3.8) is 0 Å². The number of primary amides is 1. The van der Waals surface area contributed by atoms with Gasteiger partial charge in [0.25, 0.3) is 0 Å². The summed E-state index contributed by atoms with van der Waals surface area (Å²) in [5.74, 6) is -0.305. The predicted molar refractivity (Wildman–Crippen MR) is 74.9 cm³/mol. The largest absolute Gasteiger partial charge is 0.381 e. The van der Waals surface area contributed by atoms with E-state index < -0.39 is 5.54 Å². The third kappa shape index (κ3) is 5.89. The fourth-order valence-corrected chi connectivity index (χ4v) is 1.74. The van der Waals surface area contributed by atoms with E-state index in [0.717, 1.165) is 19.3 Å². The van der Waals surface area contributed by atoms with Crippen LogP contribution in [0.1, 0.15) is 46.5 Å². The zero-order chi connectivity index (χ0) is 14.5. The summed E-state index contributed by atoms with van der Waals surface area (Å²) in [6.45, 7) is 7.06. The van der Waals surface area contributed by atoms with Gasteiger partial charge in [-0.05, 0) is 46.5 Å². The summed E-state index contributed by atoms with van der Waals surface area (Å²) in [6, 6.07) is 0.449. The second kappa shape index (κ2) is 6.68. The summed E-state index contributed by atoms with van der Waals surface area (Å²) in [6.07, 6.45) is 3.69. The number of carbonyl (C=O) groups is 1. The van der Waals surface area contributed by atoms with Gasteiger partial charge in [0.15, 0.2) is 0 Å². The monoisotopic (exact) mass is 272 g/mol. The molecule has 0 radical (unpaired) electrons. The number of amides is 1. The van der Waals surface area contributed by atoms with Gasteiger partial charge in [-0.25, -0.2) is 0 Å². The Labute approximate surface area is 116 Å². The van der Waals surface area contributed by atoms with Crippen LogP contribution in [0.25, 0.3) is 0 Å². The number of carbonyl (C=O) groups excluding carboxylic acids is 1. The summed E-state index contributed by atoms with van der Waals surface area (Å²) >= 11 is 0. The Morgan fingerprint density at radius 2 is 1.84 bits per heavy atom. The zero-order valence-corrected chi connectivity index (χ0v) is 12.6. The SMILES string of the molecule is COC(C)(C)CCOCCC(C)(NC1CC1)C(N)=O. The van der Waals surface area contributed by atoms with Crippen molar-refractivity contribution in [1.82, 2.24) is 5.32 Å². The van der Waals surface area contributed by atoms with E-state index in [2.05, 4.69) is 5.32 Å². The molecule has 0 aromatic rings. The molecule has 1 rings (SSSR count). The highest BCUT2D eigenvalue weighted by molar-refractivity contribution is 5.84. The van der Waals surface area contributed by atoms with Crippen molar-refractivity contribution >= 4 is 5.91 Å². The third-order valence-corrected chi connectivity index (χ3v) is 3.79. The second-order valence-electron chi connectivity index (χ2n) is 6.19. The topological polar surface area (TPSA) is 73.6 Å². The van der Waals surface area contributed by atoms with Gasteiger partial charge >= 0.3 is 0 Å². The number of ether oxygens (including phenoxy) is 2. The van der Waals surface area contributed by atoms with Crippen LogP contribution in [0, 0.1) is 0 Å². The minimum Gasteiger partial charge on any atom is -0.381 e. The molecular formula is C14H28N2O3. The zero-order valence-electron chi connectivity index (χ0n) is 12.6. The highest BCUT2D eigenvalue weighted by atomic mass is 16.5. The number of rotatable bonds is 10. The molecule has 3 N–H and O–H groups in total. The normalized spacial score (nSPS) is 19.2. The van der Waals surface area contributed by atoms with Gasteiger partial charge < -0.3 is 20.5 Å². The quantitative estimate of drug-likeness (QED) is 0.586. The Hall–Kier alpha value is -0.650. The molecular weight excluding hydrogens is 244 g/mol. The molecule has 0 aliphatic heterocycles. The molecule has 0 heterocycles. The van der Waals surface area contributed by atoms with Crippen LogP contribution in [-0.4, -0.2) is 43.4 Å². The molecule has 19 heavy (non-hydrogen) atoms.